The molecule has 0 spiro atoms. The number of carbonyl (C=O) groups is 3. The summed E-state index contributed by atoms with van der Waals surface area (Å²) in [5.74, 6) is -0.751. The molecule has 21 heavy (non-hydrogen) atoms. The molecule has 1 aliphatic heterocycles. The Morgan fingerprint density at radius 3 is 2.38 bits per heavy atom. The molecule has 0 radical (unpaired) electrons. The van der Waals surface area contributed by atoms with E-state index in [1.807, 2.05) is 0 Å². The summed E-state index contributed by atoms with van der Waals surface area (Å²) >= 11 is 0. The average molecular weight is 297 g/mol. The standard InChI is InChI=1S/C14H23N3O4/c18-12(10-5-6-10)15-7-8-16-14(21)17-9-3-1-2-4-11(17)13(19)20/h10-11H,1-9H2,(H,15,18)(H,16,21)(H,19,20). The van der Waals surface area contributed by atoms with Crippen molar-refractivity contribution in [2.45, 2.75) is 44.6 Å². The lowest BCUT2D eigenvalue weighted by molar-refractivity contribution is -0.142. The van der Waals surface area contributed by atoms with Gasteiger partial charge in [-0.05, 0) is 25.7 Å². The number of aliphatic carboxylic acids is 1. The predicted molar refractivity (Wildman–Crippen MR) is 75.7 cm³/mol. The molecule has 2 aliphatic rings. The van der Waals surface area contributed by atoms with E-state index in [1.54, 1.807) is 0 Å². The summed E-state index contributed by atoms with van der Waals surface area (Å²) < 4.78 is 0. The smallest absolute Gasteiger partial charge is 0.326 e. The fraction of sp³-hybridized carbons (Fsp3) is 0.786. The van der Waals surface area contributed by atoms with E-state index in [0.29, 0.717) is 26.1 Å². The molecule has 2 rings (SSSR count). The number of carboxylic acids is 1. The largest absolute Gasteiger partial charge is 0.480 e. The molecule has 2 fully saturated rings. The highest BCUT2D eigenvalue weighted by Crippen LogP contribution is 2.28. The number of hydrogen-bond acceptors (Lipinski definition) is 3. The zero-order chi connectivity index (χ0) is 15.2. The van der Waals surface area contributed by atoms with Crippen molar-refractivity contribution in [1.82, 2.24) is 15.5 Å². The van der Waals surface area contributed by atoms with Crippen molar-refractivity contribution < 1.29 is 19.5 Å². The third kappa shape index (κ3) is 4.61. The van der Waals surface area contributed by atoms with Gasteiger partial charge in [0, 0.05) is 25.6 Å². The van der Waals surface area contributed by atoms with Crippen molar-refractivity contribution in [3.63, 3.8) is 0 Å². The number of nitrogens with one attached hydrogen (secondary N) is 2. The van der Waals surface area contributed by atoms with Crippen LogP contribution in [0, 0.1) is 5.92 Å². The van der Waals surface area contributed by atoms with Crippen molar-refractivity contribution in [2.24, 2.45) is 5.92 Å². The SMILES string of the molecule is O=C(NCCNC(=O)N1CCCCCC1C(=O)O)C1CC1. The number of rotatable bonds is 5. The minimum absolute atomic E-state index is 0.0439. The Hall–Kier alpha value is -1.79. The first-order chi connectivity index (χ1) is 10.1. The molecule has 1 heterocycles. The molecule has 7 heteroatoms. The summed E-state index contributed by atoms with van der Waals surface area (Å²) in [6.07, 6.45) is 5.01. The first kappa shape index (κ1) is 15.6. The van der Waals surface area contributed by atoms with Crippen LogP contribution in [-0.4, -0.2) is 53.6 Å². The first-order valence-electron chi connectivity index (χ1n) is 7.64. The molecule has 1 atom stereocenters. The number of carbonyl (C=O) groups excluding carboxylic acids is 2. The van der Waals surface area contributed by atoms with Crippen LogP contribution in [0.4, 0.5) is 4.79 Å². The van der Waals surface area contributed by atoms with Crippen molar-refractivity contribution in [3.8, 4) is 0 Å². The lowest BCUT2D eigenvalue weighted by Crippen LogP contribution is -2.50. The van der Waals surface area contributed by atoms with Gasteiger partial charge in [-0.25, -0.2) is 9.59 Å². The summed E-state index contributed by atoms with van der Waals surface area (Å²) in [5, 5.41) is 14.7. The Morgan fingerprint density at radius 1 is 1.00 bits per heavy atom. The Kier molecular flexibility index (Phi) is 5.41. The van der Waals surface area contributed by atoms with Gasteiger partial charge in [0.25, 0.3) is 0 Å². The maximum atomic E-state index is 12.1. The summed E-state index contributed by atoms with van der Waals surface area (Å²) in [6, 6.07) is -1.10. The molecular weight excluding hydrogens is 274 g/mol. The van der Waals surface area contributed by atoms with Gasteiger partial charge in [-0.3, -0.25) is 4.79 Å². The van der Waals surface area contributed by atoms with Gasteiger partial charge >= 0.3 is 12.0 Å². The molecule has 7 nitrogen and oxygen atoms in total. The van der Waals surface area contributed by atoms with E-state index in [2.05, 4.69) is 10.6 Å². The fourth-order valence-corrected chi connectivity index (χ4v) is 2.55. The van der Waals surface area contributed by atoms with Gasteiger partial charge in [0.05, 0.1) is 0 Å². The molecule has 0 aromatic rings. The quantitative estimate of drug-likeness (QED) is 0.645. The van der Waals surface area contributed by atoms with Gasteiger partial charge in [0.2, 0.25) is 5.91 Å². The second kappa shape index (κ2) is 7.28. The molecule has 0 aromatic carbocycles. The Bertz CT molecular complexity index is 409. The van der Waals surface area contributed by atoms with Crippen LogP contribution < -0.4 is 10.6 Å². The number of amides is 3. The normalized spacial score (nSPS) is 22.3. The van der Waals surface area contributed by atoms with Gasteiger partial charge in [0.1, 0.15) is 6.04 Å². The van der Waals surface area contributed by atoms with Crippen LogP contribution in [0.15, 0.2) is 0 Å². The number of carboxylic acid groups (broad SMARTS) is 1. The van der Waals surface area contributed by atoms with Crippen molar-refractivity contribution in [1.29, 1.82) is 0 Å². The fourth-order valence-electron chi connectivity index (χ4n) is 2.55. The van der Waals surface area contributed by atoms with Crippen molar-refractivity contribution in [2.75, 3.05) is 19.6 Å². The van der Waals surface area contributed by atoms with E-state index in [1.165, 1.54) is 4.90 Å². The topological polar surface area (TPSA) is 98.7 Å². The third-order valence-corrected chi connectivity index (χ3v) is 3.95. The monoisotopic (exact) mass is 297 g/mol. The molecule has 1 saturated heterocycles. The third-order valence-electron chi connectivity index (χ3n) is 3.95. The van der Waals surface area contributed by atoms with E-state index in [9.17, 15) is 19.5 Å². The van der Waals surface area contributed by atoms with E-state index in [-0.39, 0.29) is 17.9 Å². The highest BCUT2D eigenvalue weighted by Gasteiger charge is 2.31. The van der Waals surface area contributed by atoms with Gasteiger partial charge < -0.3 is 20.6 Å². The highest BCUT2D eigenvalue weighted by molar-refractivity contribution is 5.83. The Balaban J connectivity index is 1.74. The van der Waals surface area contributed by atoms with Gasteiger partial charge in [-0.1, -0.05) is 12.8 Å². The summed E-state index contributed by atoms with van der Waals surface area (Å²) in [4.78, 5) is 36.2. The van der Waals surface area contributed by atoms with E-state index >= 15 is 0 Å². The molecule has 118 valence electrons. The number of urea groups is 1. The van der Waals surface area contributed by atoms with Gasteiger partial charge in [-0.2, -0.15) is 0 Å². The van der Waals surface area contributed by atoms with E-state index in [4.69, 9.17) is 0 Å². The van der Waals surface area contributed by atoms with E-state index in [0.717, 1.165) is 32.1 Å². The molecule has 1 saturated carbocycles. The van der Waals surface area contributed by atoms with Crippen molar-refractivity contribution in [3.05, 3.63) is 0 Å². The number of hydrogen-bond donors (Lipinski definition) is 3. The second-order valence-electron chi connectivity index (χ2n) is 5.69. The number of likely N-dealkylation sites (tertiary alicyclic amines) is 1. The van der Waals surface area contributed by atoms with Crippen LogP contribution in [-0.2, 0) is 9.59 Å². The molecule has 0 aromatic heterocycles. The zero-order valence-electron chi connectivity index (χ0n) is 12.1. The van der Waals surface area contributed by atoms with Crippen LogP contribution in [0.1, 0.15) is 38.5 Å². The van der Waals surface area contributed by atoms with Crippen LogP contribution in [0.2, 0.25) is 0 Å². The summed E-state index contributed by atoms with van der Waals surface area (Å²) in [7, 11) is 0. The van der Waals surface area contributed by atoms with Crippen molar-refractivity contribution >= 4 is 17.9 Å². The first-order valence-corrected chi connectivity index (χ1v) is 7.64. The minimum Gasteiger partial charge on any atom is -0.480 e. The molecule has 0 bridgehead atoms. The van der Waals surface area contributed by atoms with Crippen LogP contribution in [0.25, 0.3) is 0 Å². The molecule has 3 N–H and O–H groups in total. The van der Waals surface area contributed by atoms with Gasteiger partial charge in [0.15, 0.2) is 0 Å². The average Bonchev–Trinajstić information content (AvgIpc) is 3.28. The maximum Gasteiger partial charge on any atom is 0.326 e. The predicted octanol–water partition coefficient (Wildman–Crippen LogP) is 0.551. The Morgan fingerprint density at radius 2 is 1.71 bits per heavy atom. The Labute approximate surface area is 124 Å². The van der Waals surface area contributed by atoms with Gasteiger partial charge in [-0.15, -0.1) is 0 Å². The van der Waals surface area contributed by atoms with Crippen LogP contribution in [0.5, 0.6) is 0 Å². The lowest BCUT2D eigenvalue weighted by Gasteiger charge is -2.27. The zero-order valence-corrected chi connectivity index (χ0v) is 12.1. The second-order valence-corrected chi connectivity index (χ2v) is 5.69. The molecule has 3 amide bonds. The summed E-state index contributed by atoms with van der Waals surface area (Å²) in [5.41, 5.74) is 0. The summed E-state index contributed by atoms with van der Waals surface area (Å²) in [6.45, 7) is 1.17. The molecular formula is C14H23N3O4. The minimum atomic E-state index is -0.950. The van der Waals surface area contributed by atoms with Crippen LogP contribution >= 0.6 is 0 Å². The highest BCUT2D eigenvalue weighted by atomic mass is 16.4. The number of nitrogens with zero attached hydrogens (tertiary/aromatic N) is 1. The lowest BCUT2D eigenvalue weighted by atomic mass is 10.1. The molecule has 1 unspecified atom stereocenters. The van der Waals surface area contributed by atoms with Crippen LogP contribution in [0.3, 0.4) is 0 Å². The maximum absolute atomic E-state index is 12.1. The molecule has 1 aliphatic carbocycles. The van der Waals surface area contributed by atoms with E-state index < -0.39 is 12.0 Å².